The first kappa shape index (κ1) is 20.7. The number of aryl methyl sites for hydroxylation is 2. The topological polar surface area (TPSA) is 40.6 Å². The maximum atomic E-state index is 13.7. The molecule has 2 atom stereocenters. The molecular formula is C25H27ClN2O2. The summed E-state index contributed by atoms with van der Waals surface area (Å²) in [6.45, 7) is 9.85. The summed E-state index contributed by atoms with van der Waals surface area (Å²) in [4.78, 5) is 30.8. The van der Waals surface area contributed by atoms with Gasteiger partial charge in [-0.1, -0.05) is 61.3 Å². The Morgan fingerprint density at radius 2 is 1.53 bits per heavy atom. The van der Waals surface area contributed by atoms with E-state index in [1.54, 1.807) is 12.1 Å². The van der Waals surface area contributed by atoms with Crippen molar-refractivity contribution >= 4 is 34.7 Å². The van der Waals surface area contributed by atoms with E-state index in [9.17, 15) is 9.59 Å². The molecule has 0 aliphatic carbocycles. The summed E-state index contributed by atoms with van der Waals surface area (Å²) in [5.74, 6) is 0.382. The number of carbonyl (C=O) groups is 2. The fourth-order valence-electron chi connectivity index (χ4n) is 4.68. The van der Waals surface area contributed by atoms with Crippen LogP contribution in [0.4, 0.5) is 5.69 Å². The third kappa shape index (κ3) is 3.65. The number of likely N-dealkylation sites (tertiary alicyclic amines) is 1. The predicted molar refractivity (Wildman–Crippen MR) is 121 cm³/mol. The summed E-state index contributed by atoms with van der Waals surface area (Å²) in [6, 6.07) is 13.1. The van der Waals surface area contributed by atoms with Crippen LogP contribution in [-0.4, -0.2) is 29.8 Å². The van der Waals surface area contributed by atoms with E-state index >= 15 is 0 Å². The number of rotatable bonds is 3. The molecule has 0 N–H and O–H groups in total. The molecule has 0 radical (unpaired) electrons. The molecule has 1 fully saturated rings. The highest BCUT2D eigenvalue weighted by Gasteiger charge is 2.44. The lowest BCUT2D eigenvalue weighted by molar-refractivity contribution is -0.120. The Labute approximate surface area is 183 Å². The van der Waals surface area contributed by atoms with Crippen LogP contribution in [0.1, 0.15) is 37.0 Å². The second kappa shape index (κ2) is 7.92. The highest BCUT2D eigenvalue weighted by Crippen LogP contribution is 2.38. The Kier molecular flexibility index (Phi) is 5.46. The van der Waals surface area contributed by atoms with Gasteiger partial charge in [0.05, 0.1) is 11.3 Å². The zero-order chi connectivity index (χ0) is 21.6. The normalized spacial score (nSPS) is 22.3. The van der Waals surface area contributed by atoms with Gasteiger partial charge in [-0.2, -0.15) is 0 Å². The number of amides is 2. The Bertz CT molecular complexity index is 1030. The van der Waals surface area contributed by atoms with E-state index in [2.05, 4.69) is 18.7 Å². The van der Waals surface area contributed by atoms with Crippen LogP contribution >= 0.6 is 11.6 Å². The standard InChI is InChI=1S/C25H27ClN2O2/c1-15-5-8-19(9-6-15)22-23(27-13-16(2)11-17(3)14-27)25(30)28(24(22)29)21-12-20(26)10-7-18(21)4/h5-10,12,16-17H,11,13-14H2,1-4H3. The highest BCUT2D eigenvalue weighted by molar-refractivity contribution is 6.45. The smallest absolute Gasteiger partial charge is 0.282 e. The van der Waals surface area contributed by atoms with Gasteiger partial charge in [0.25, 0.3) is 11.8 Å². The molecule has 0 aromatic heterocycles. The van der Waals surface area contributed by atoms with Crippen molar-refractivity contribution in [3.8, 4) is 0 Å². The summed E-state index contributed by atoms with van der Waals surface area (Å²) in [5, 5.41) is 0.502. The van der Waals surface area contributed by atoms with Crippen LogP contribution in [0.5, 0.6) is 0 Å². The SMILES string of the molecule is Cc1ccc(C2=C(N3CC(C)CC(C)C3)C(=O)N(c3cc(Cl)ccc3C)C2=O)cc1. The minimum absolute atomic E-state index is 0.262. The van der Waals surface area contributed by atoms with Crippen LogP contribution in [0.2, 0.25) is 5.02 Å². The van der Waals surface area contributed by atoms with Crippen molar-refractivity contribution in [2.24, 2.45) is 11.8 Å². The summed E-state index contributed by atoms with van der Waals surface area (Å²) < 4.78 is 0. The average Bonchev–Trinajstić information content (AvgIpc) is 2.94. The zero-order valence-corrected chi connectivity index (χ0v) is 18.7. The van der Waals surface area contributed by atoms with Gasteiger partial charge < -0.3 is 4.90 Å². The molecule has 0 saturated carbocycles. The van der Waals surface area contributed by atoms with Crippen molar-refractivity contribution < 1.29 is 9.59 Å². The van der Waals surface area contributed by atoms with Crippen molar-refractivity contribution in [1.29, 1.82) is 0 Å². The lowest BCUT2D eigenvalue weighted by Crippen LogP contribution is -2.42. The lowest BCUT2D eigenvalue weighted by atomic mass is 9.91. The molecule has 2 aliphatic rings. The third-order valence-electron chi connectivity index (χ3n) is 6.00. The Morgan fingerprint density at radius 3 is 2.17 bits per heavy atom. The second-order valence-corrected chi connectivity index (χ2v) is 9.25. The quantitative estimate of drug-likeness (QED) is 0.637. The number of carbonyl (C=O) groups excluding carboxylic acids is 2. The number of benzene rings is 2. The van der Waals surface area contributed by atoms with E-state index in [1.807, 2.05) is 44.2 Å². The van der Waals surface area contributed by atoms with E-state index in [1.165, 1.54) is 4.90 Å². The molecule has 2 amide bonds. The van der Waals surface area contributed by atoms with Crippen LogP contribution < -0.4 is 4.90 Å². The number of imide groups is 1. The maximum Gasteiger partial charge on any atom is 0.282 e. The van der Waals surface area contributed by atoms with Crippen molar-refractivity contribution in [1.82, 2.24) is 4.90 Å². The number of hydrogen-bond donors (Lipinski definition) is 0. The van der Waals surface area contributed by atoms with Gasteiger partial charge in [-0.3, -0.25) is 9.59 Å². The second-order valence-electron chi connectivity index (χ2n) is 8.82. The van der Waals surface area contributed by atoms with Crippen LogP contribution in [0.25, 0.3) is 5.57 Å². The van der Waals surface area contributed by atoms with Crippen molar-refractivity contribution in [2.45, 2.75) is 34.1 Å². The summed E-state index contributed by atoms with van der Waals surface area (Å²) in [5.41, 5.74) is 4.28. The molecule has 2 aromatic rings. The molecular weight excluding hydrogens is 396 g/mol. The first-order valence-electron chi connectivity index (χ1n) is 10.5. The lowest BCUT2D eigenvalue weighted by Gasteiger charge is -2.37. The fraction of sp³-hybridized carbons (Fsp3) is 0.360. The molecule has 2 heterocycles. The molecule has 156 valence electrons. The third-order valence-corrected chi connectivity index (χ3v) is 6.23. The van der Waals surface area contributed by atoms with Gasteiger partial charge in [0, 0.05) is 18.1 Å². The molecule has 1 saturated heterocycles. The molecule has 0 spiro atoms. The minimum atomic E-state index is -0.282. The van der Waals surface area contributed by atoms with Gasteiger partial charge in [-0.15, -0.1) is 0 Å². The maximum absolute atomic E-state index is 13.7. The molecule has 30 heavy (non-hydrogen) atoms. The van der Waals surface area contributed by atoms with Crippen LogP contribution in [0.3, 0.4) is 0 Å². The molecule has 2 unspecified atom stereocenters. The first-order valence-corrected chi connectivity index (χ1v) is 10.8. The van der Waals surface area contributed by atoms with Gasteiger partial charge in [-0.25, -0.2) is 4.90 Å². The number of anilines is 1. The van der Waals surface area contributed by atoms with Gasteiger partial charge in [0.15, 0.2) is 0 Å². The minimum Gasteiger partial charge on any atom is -0.366 e. The Balaban J connectivity index is 1.86. The van der Waals surface area contributed by atoms with E-state index in [-0.39, 0.29) is 11.8 Å². The van der Waals surface area contributed by atoms with Gasteiger partial charge in [-0.05, 0) is 55.4 Å². The van der Waals surface area contributed by atoms with Crippen LogP contribution in [0, 0.1) is 25.7 Å². The number of hydrogen-bond acceptors (Lipinski definition) is 3. The van der Waals surface area contributed by atoms with E-state index < -0.39 is 0 Å². The molecule has 0 bridgehead atoms. The van der Waals surface area contributed by atoms with E-state index in [0.717, 1.165) is 36.2 Å². The largest absolute Gasteiger partial charge is 0.366 e. The number of nitrogens with zero attached hydrogens (tertiary/aromatic N) is 2. The number of halogens is 1. The highest BCUT2D eigenvalue weighted by atomic mass is 35.5. The summed E-state index contributed by atoms with van der Waals surface area (Å²) >= 11 is 6.21. The van der Waals surface area contributed by atoms with Crippen molar-refractivity contribution in [2.75, 3.05) is 18.0 Å². The molecule has 2 aromatic carbocycles. The van der Waals surface area contributed by atoms with Crippen LogP contribution in [0.15, 0.2) is 48.2 Å². The monoisotopic (exact) mass is 422 g/mol. The molecule has 5 heteroatoms. The average molecular weight is 423 g/mol. The molecule has 4 rings (SSSR count). The Hall–Kier alpha value is -2.59. The predicted octanol–water partition coefficient (Wildman–Crippen LogP) is 5.22. The zero-order valence-electron chi connectivity index (χ0n) is 17.9. The van der Waals surface area contributed by atoms with Gasteiger partial charge in [0.1, 0.15) is 5.70 Å². The first-order chi connectivity index (χ1) is 14.3. The van der Waals surface area contributed by atoms with Gasteiger partial charge in [0.2, 0.25) is 0 Å². The van der Waals surface area contributed by atoms with Gasteiger partial charge >= 0.3 is 0 Å². The van der Waals surface area contributed by atoms with E-state index in [4.69, 9.17) is 11.6 Å². The van der Waals surface area contributed by atoms with Crippen LogP contribution in [-0.2, 0) is 9.59 Å². The van der Waals surface area contributed by atoms with Crippen molar-refractivity contribution in [3.05, 3.63) is 69.9 Å². The van der Waals surface area contributed by atoms with E-state index in [0.29, 0.717) is 33.8 Å². The Morgan fingerprint density at radius 1 is 0.900 bits per heavy atom. The number of piperidine rings is 1. The van der Waals surface area contributed by atoms with Crippen molar-refractivity contribution in [3.63, 3.8) is 0 Å². The summed E-state index contributed by atoms with van der Waals surface area (Å²) in [6.07, 6.45) is 1.13. The summed E-state index contributed by atoms with van der Waals surface area (Å²) in [7, 11) is 0. The molecule has 4 nitrogen and oxygen atoms in total. The molecule has 2 aliphatic heterocycles. The fourth-order valence-corrected chi connectivity index (χ4v) is 4.85.